The van der Waals surface area contributed by atoms with E-state index >= 15 is 0 Å². The SMILES string of the molecule is CCCCC(=O)NCCN(CCc1c[nH]c2ccccc12)C(C)=O. The van der Waals surface area contributed by atoms with Gasteiger partial charge in [-0.3, -0.25) is 9.59 Å². The van der Waals surface area contributed by atoms with Crippen LogP contribution in [0.4, 0.5) is 0 Å². The van der Waals surface area contributed by atoms with Crippen molar-refractivity contribution in [3.8, 4) is 0 Å². The number of aromatic amines is 1. The number of hydrogen-bond donors (Lipinski definition) is 2. The van der Waals surface area contributed by atoms with Crippen LogP contribution in [0.25, 0.3) is 10.9 Å². The van der Waals surface area contributed by atoms with Gasteiger partial charge in [-0.05, 0) is 24.5 Å². The van der Waals surface area contributed by atoms with Crippen LogP contribution < -0.4 is 5.32 Å². The van der Waals surface area contributed by atoms with Gasteiger partial charge in [-0.1, -0.05) is 31.5 Å². The van der Waals surface area contributed by atoms with Crippen LogP contribution in [0.2, 0.25) is 0 Å². The van der Waals surface area contributed by atoms with E-state index in [-0.39, 0.29) is 11.8 Å². The molecule has 0 unspecified atom stereocenters. The van der Waals surface area contributed by atoms with Gasteiger partial charge in [0.05, 0.1) is 0 Å². The summed E-state index contributed by atoms with van der Waals surface area (Å²) < 4.78 is 0. The van der Waals surface area contributed by atoms with E-state index < -0.39 is 0 Å². The number of carbonyl (C=O) groups is 2. The number of carbonyl (C=O) groups excluding carboxylic acids is 2. The van der Waals surface area contributed by atoms with Crippen molar-refractivity contribution < 1.29 is 9.59 Å². The van der Waals surface area contributed by atoms with Gasteiger partial charge >= 0.3 is 0 Å². The largest absolute Gasteiger partial charge is 0.361 e. The maximum Gasteiger partial charge on any atom is 0.220 e. The third-order valence-electron chi connectivity index (χ3n) is 4.23. The number of rotatable bonds is 9. The fourth-order valence-corrected chi connectivity index (χ4v) is 2.78. The lowest BCUT2D eigenvalue weighted by Crippen LogP contribution is -2.38. The van der Waals surface area contributed by atoms with Gasteiger partial charge in [0.2, 0.25) is 11.8 Å². The quantitative estimate of drug-likeness (QED) is 0.743. The maximum atomic E-state index is 11.8. The zero-order valence-electron chi connectivity index (χ0n) is 14.6. The number of benzene rings is 1. The van der Waals surface area contributed by atoms with E-state index in [4.69, 9.17) is 0 Å². The summed E-state index contributed by atoms with van der Waals surface area (Å²) in [6.45, 7) is 5.36. The van der Waals surface area contributed by atoms with E-state index in [9.17, 15) is 9.59 Å². The van der Waals surface area contributed by atoms with Crippen LogP contribution in [0.3, 0.4) is 0 Å². The van der Waals surface area contributed by atoms with Gasteiger partial charge in [0.25, 0.3) is 0 Å². The van der Waals surface area contributed by atoms with Gasteiger partial charge in [-0.2, -0.15) is 0 Å². The highest BCUT2D eigenvalue weighted by Crippen LogP contribution is 2.18. The summed E-state index contributed by atoms with van der Waals surface area (Å²) in [6.07, 6.45) is 5.29. The van der Waals surface area contributed by atoms with Crippen LogP contribution in [0.5, 0.6) is 0 Å². The molecule has 0 bridgehead atoms. The Morgan fingerprint density at radius 3 is 2.75 bits per heavy atom. The molecule has 1 heterocycles. The zero-order valence-corrected chi connectivity index (χ0v) is 14.6. The molecule has 0 aliphatic heterocycles. The van der Waals surface area contributed by atoms with E-state index in [0.29, 0.717) is 26.1 Å². The zero-order chi connectivity index (χ0) is 17.4. The second-order valence-electron chi connectivity index (χ2n) is 6.07. The van der Waals surface area contributed by atoms with Crippen molar-refractivity contribution in [3.63, 3.8) is 0 Å². The molecule has 130 valence electrons. The smallest absolute Gasteiger partial charge is 0.220 e. The van der Waals surface area contributed by atoms with Crippen molar-refractivity contribution in [3.05, 3.63) is 36.0 Å². The number of para-hydroxylation sites is 1. The Hall–Kier alpha value is -2.30. The standard InChI is InChI=1S/C19H27N3O2/c1-3-4-9-19(24)20-11-13-22(15(2)23)12-10-16-14-21-18-8-6-5-7-17(16)18/h5-8,14,21H,3-4,9-13H2,1-2H3,(H,20,24). The second kappa shape index (κ2) is 9.11. The molecule has 0 spiro atoms. The van der Waals surface area contributed by atoms with E-state index in [0.717, 1.165) is 24.8 Å². The van der Waals surface area contributed by atoms with Crippen molar-refractivity contribution in [2.75, 3.05) is 19.6 Å². The highest BCUT2D eigenvalue weighted by atomic mass is 16.2. The minimum atomic E-state index is 0.0395. The fraction of sp³-hybridized carbons (Fsp3) is 0.474. The lowest BCUT2D eigenvalue weighted by molar-refractivity contribution is -0.129. The van der Waals surface area contributed by atoms with Gasteiger partial charge in [0.1, 0.15) is 0 Å². The summed E-state index contributed by atoms with van der Waals surface area (Å²) in [5.41, 5.74) is 2.33. The number of fused-ring (bicyclic) bond motifs is 1. The number of hydrogen-bond acceptors (Lipinski definition) is 2. The molecule has 5 heteroatoms. The Morgan fingerprint density at radius 2 is 2.00 bits per heavy atom. The fourth-order valence-electron chi connectivity index (χ4n) is 2.78. The number of nitrogens with zero attached hydrogens (tertiary/aromatic N) is 1. The van der Waals surface area contributed by atoms with Gasteiger partial charge in [-0.15, -0.1) is 0 Å². The van der Waals surface area contributed by atoms with E-state index in [1.54, 1.807) is 11.8 Å². The Bertz CT molecular complexity index is 678. The van der Waals surface area contributed by atoms with Crippen LogP contribution in [0.15, 0.2) is 30.5 Å². The lowest BCUT2D eigenvalue weighted by Gasteiger charge is -2.21. The summed E-state index contributed by atoms with van der Waals surface area (Å²) in [6, 6.07) is 8.17. The molecule has 2 N–H and O–H groups in total. The second-order valence-corrected chi connectivity index (χ2v) is 6.07. The average Bonchev–Trinajstić information content (AvgIpc) is 2.99. The Labute approximate surface area is 143 Å². The van der Waals surface area contributed by atoms with Crippen molar-refractivity contribution in [2.24, 2.45) is 0 Å². The maximum absolute atomic E-state index is 11.8. The molecule has 0 saturated carbocycles. The summed E-state index contributed by atoms with van der Waals surface area (Å²) in [5, 5.41) is 4.09. The van der Waals surface area contributed by atoms with Gasteiger partial charge in [-0.25, -0.2) is 0 Å². The van der Waals surface area contributed by atoms with E-state index in [2.05, 4.69) is 23.3 Å². The molecule has 0 fully saturated rings. The molecule has 0 saturated heterocycles. The normalized spacial score (nSPS) is 10.8. The van der Waals surface area contributed by atoms with Crippen LogP contribution in [0, 0.1) is 0 Å². The predicted molar refractivity (Wildman–Crippen MR) is 96.8 cm³/mol. The number of unbranched alkanes of at least 4 members (excludes halogenated alkanes) is 1. The third kappa shape index (κ3) is 5.11. The van der Waals surface area contributed by atoms with Crippen molar-refractivity contribution >= 4 is 22.7 Å². The summed E-state index contributed by atoms with van der Waals surface area (Å²) in [7, 11) is 0. The monoisotopic (exact) mass is 329 g/mol. The predicted octanol–water partition coefficient (Wildman–Crippen LogP) is 2.87. The first-order valence-corrected chi connectivity index (χ1v) is 8.69. The molecular weight excluding hydrogens is 302 g/mol. The van der Waals surface area contributed by atoms with Crippen LogP contribution in [-0.2, 0) is 16.0 Å². The Morgan fingerprint density at radius 1 is 1.21 bits per heavy atom. The molecule has 0 aliphatic rings. The summed E-state index contributed by atoms with van der Waals surface area (Å²) >= 11 is 0. The Kier molecular flexibility index (Phi) is 6.85. The Balaban J connectivity index is 1.83. The highest BCUT2D eigenvalue weighted by molar-refractivity contribution is 5.83. The van der Waals surface area contributed by atoms with Gasteiger partial charge < -0.3 is 15.2 Å². The number of nitrogens with one attached hydrogen (secondary N) is 2. The van der Waals surface area contributed by atoms with Crippen molar-refractivity contribution in [1.29, 1.82) is 0 Å². The first-order chi connectivity index (χ1) is 11.6. The highest BCUT2D eigenvalue weighted by Gasteiger charge is 2.11. The first kappa shape index (κ1) is 18.0. The molecular formula is C19H27N3O2. The molecule has 2 amide bonds. The van der Waals surface area contributed by atoms with Crippen molar-refractivity contribution in [1.82, 2.24) is 15.2 Å². The molecule has 2 rings (SSSR count). The summed E-state index contributed by atoms with van der Waals surface area (Å²) in [5.74, 6) is 0.106. The molecule has 0 aliphatic carbocycles. The van der Waals surface area contributed by atoms with Crippen LogP contribution in [-0.4, -0.2) is 41.3 Å². The van der Waals surface area contributed by atoms with Crippen LogP contribution >= 0.6 is 0 Å². The van der Waals surface area contributed by atoms with E-state index in [1.165, 1.54) is 10.9 Å². The molecule has 24 heavy (non-hydrogen) atoms. The van der Waals surface area contributed by atoms with Crippen molar-refractivity contribution in [2.45, 2.75) is 39.5 Å². The average molecular weight is 329 g/mol. The number of H-pyrrole nitrogens is 1. The molecule has 0 atom stereocenters. The van der Waals surface area contributed by atoms with Gasteiger partial charge in [0.15, 0.2) is 0 Å². The molecule has 1 aromatic heterocycles. The topological polar surface area (TPSA) is 65.2 Å². The number of aromatic nitrogens is 1. The minimum absolute atomic E-state index is 0.0395. The molecule has 0 radical (unpaired) electrons. The summed E-state index contributed by atoms with van der Waals surface area (Å²) in [4.78, 5) is 28.5. The molecule has 5 nitrogen and oxygen atoms in total. The van der Waals surface area contributed by atoms with Gasteiger partial charge in [0, 0.05) is 50.1 Å². The first-order valence-electron chi connectivity index (χ1n) is 8.69. The minimum Gasteiger partial charge on any atom is -0.361 e. The number of amides is 2. The molecule has 2 aromatic rings. The third-order valence-corrected chi connectivity index (χ3v) is 4.23. The lowest BCUT2D eigenvalue weighted by atomic mass is 10.1. The van der Waals surface area contributed by atoms with E-state index in [1.807, 2.05) is 24.4 Å². The van der Waals surface area contributed by atoms with Crippen LogP contribution in [0.1, 0.15) is 38.7 Å². The molecule has 1 aromatic carbocycles.